The Kier molecular flexibility index (Phi) is 4.40. The van der Waals surface area contributed by atoms with Crippen molar-refractivity contribution in [1.82, 2.24) is 0 Å². The second-order valence-electron chi connectivity index (χ2n) is 8.53. The molecule has 0 aromatic heterocycles. The van der Waals surface area contributed by atoms with Crippen molar-refractivity contribution in [2.45, 2.75) is 69.4 Å². The predicted octanol–water partition coefficient (Wildman–Crippen LogP) is 1.70. The molecule has 8 atom stereocenters. The van der Waals surface area contributed by atoms with Gasteiger partial charge < -0.3 is 19.3 Å². The highest BCUT2D eigenvalue weighted by molar-refractivity contribution is 8.00. The third kappa shape index (κ3) is 2.88. The lowest BCUT2D eigenvalue weighted by atomic mass is 9.80. The van der Waals surface area contributed by atoms with Gasteiger partial charge in [-0.3, -0.25) is 4.79 Å². The van der Waals surface area contributed by atoms with Gasteiger partial charge in [0.25, 0.3) is 0 Å². The van der Waals surface area contributed by atoms with Crippen LogP contribution in [0.3, 0.4) is 0 Å². The number of thioether (sulfide) groups is 1. The summed E-state index contributed by atoms with van der Waals surface area (Å²) in [6.45, 7) is 7.98. The summed E-state index contributed by atoms with van der Waals surface area (Å²) in [6.07, 6.45) is 0.296. The molecule has 0 spiro atoms. The Morgan fingerprint density at radius 3 is 2.77 bits per heavy atom. The number of rotatable bonds is 3. The van der Waals surface area contributed by atoms with Gasteiger partial charge in [-0.25, -0.2) is 4.79 Å². The number of aliphatic hydroxyl groups excluding tert-OH is 1. The van der Waals surface area contributed by atoms with Crippen molar-refractivity contribution >= 4 is 23.7 Å². The van der Waals surface area contributed by atoms with Crippen LogP contribution in [-0.2, 0) is 23.8 Å². The summed E-state index contributed by atoms with van der Waals surface area (Å²) in [4.78, 5) is 24.7. The Hall–Kier alpha value is -1.05. The number of hydrogen-bond acceptors (Lipinski definition) is 7. The van der Waals surface area contributed by atoms with Crippen LogP contribution in [-0.4, -0.2) is 58.1 Å². The Balaban J connectivity index is 1.71. The summed E-state index contributed by atoms with van der Waals surface area (Å²) in [5.74, 6) is 0.0593. The molecular weight excluding hydrogens is 356 g/mol. The molecule has 0 amide bonds. The van der Waals surface area contributed by atoms with Crippen molar-refractivity contribution in [3.8, 4) is 0 Å². The van der Waals surface area contributed by atoms with Crippen molar-refractivity contribution in [2.24, 2.45) is 17.8 Å². The molecule has 3 aliphatic heterocycles. The minimum absolute atomic E-state index is 0.211. The van der Waals surface area contributed by atoms with Crippen LogP contribution < -0.4 is 0 Å². The third-order valence-corrected chi connectivity index (χ3v) is 7.68. The number of hydrogen-bond donors (Lipinski definition) is 1. The molecule has 6 nitrogen and oxygen atoms in total. The van der Waals surface area contributed by atoms with Crippen LogP contribution in [0.1, 0.15) is 34.1 Å². The van der Waals surface area contributed by atoms with Gasteiger partial charge in [-0.2, -0.15) is 11.8 Å². The van der Waals surface area contributed by atoms with Crippen molar-refractivity contribution in [1.29, 1.82) is 0 Å². The normalized spacial score (nSPS) is 47.0. The highest BCUT2D eigenvalue weighted by atomic mass is 32.2. The molecule has 2 fully saturated rings. The van der Waals surface area contributed by atoms with E-state index in [9.17, 15) is 14.7 Å². The molecule has 3 heterocycles. The largest absolute Gasteiger partial charge is 0.462 e. The molecule has 144 valence electrons. The van der Waals surface area contributed by atoms with Crippen molar-refractivity contribution in [3.05, 3.63) is 11.6 Å². The van der Waals surface area contributed by atoms with Gasteiger partial charge in [0, 0.05) is 12.3 Å². The molecule has 0 radical (unpaired) electrons. The summed E-state index contributed by atoms with van der Waals surface area (Å²) in [5.41, 5.74) is -0.0397. The number of fused-ring (bicyclic) bond motifs is 4. The zero-order valence-corrected chi connectivity index (χ0v) is 16.3. The fourth-order valence-corrected chi connectivity index (χ4v) is 5.72. The Morgan fingerprint density at radius 1 is 1.35 bits per heavy atom. The first kappa shape index (κ1) is 18.3. The summed E-state index contributed by atoms with van der Waals surface area (Å²) in [7, 11) is 0. The third-order valence-electron chi connectivity index (χ3n) is 5.93. The molecular formula is C19H26O6S. The number of ether oxygens (including phenoxy) is 3. The number of carbonyl (C=O) groups is 2. The first-order valence-electron chi connectivity index (χ1n) is 9.32. The Bertz CT molecular complexity index is 660. The zero-order chi connectivity index (χ0) is 18.8. The van der Waals surface area contributed by atoms with E-state index in [0.29, 0.717) is 17.9 Å². The molecule has 7 heteroatoms. The van der Waals surface area contributed by atoms with Crippen LogP contribution in [0.5, 0.6) is 0 Å². The highest BCUT2D eigenvalue weighted by Gasteiger charge is 2.63. The number of aliphatic hydroxyl groups is 1. The van der Waals surface area contributed by atoms with Gasteiger partial charge in [0.1, 0.15) is 18.3 Å². The average molecular weight is 382 g/mol. The summed E-state index contributed by atoms with van der Waals surface area (Å²) in [6, 6.07) is 0. The fraction of sp³-hybridized carbons (Fsp3) is 0.789. The van der Waals surface area contributed by atoms with Crippen LogP contribution in [0, 0.1) is 17.8 Å². The minimum atomic E-state index is -0.799. The lowest BCUT2D eigenvalue weighted by molar-refractivity contribution is -0.144. The fourth-order valence-electron chi connectivity index (χ4n) is 4.44. The second-order valence-corrected chi connectivity index (χ2v) is 9.70. The van der Waals surface area contributed by atoms with Gasteiger partial charge in [0.05, 0.1) is 28.4 Å². The minimum Gasteiger partial charge on any atom is -0.462 e. The molecule has 4 aliphatic rings. The summed E-state index contributed by atoms with van der Waals surface area (Å²) in [5, 5.41) is 10.6. The van der Waals surface area contributed by atoms with Crippen LogP contribution in [0.15, 0.2) is 11.6 Å². The van der Waals surface area contributed by atoms with Gasteiger partial charge in [-0.1, -0.05) is 20.8 Å². The maximum atomic E-state index is 12.6. The van der Waals surface area contributed by atoms with Crippen molar-refractivity contribution in [3.63, 3.8) is 0 Å². The SMILES string of the molecule is CC(C)CSC1C2=CC(OC2=O)C2C(CC3(C)OC3C1O)OC(=O)C2C. The molecule has 1 N–H and O–H groups in total. The van der Waals surface area contributed by atoms with Crippen LogP contribution in [0.2, 0.25) is 0 Å². The second kappa shape index (κ2) is 6.24. The van der Waals surface area contributed by atoms with Gasteiger partial charge in [0.2, 0.25) is 0 Å². The molecule has 0 aromatic rings. The van der Waals surface area contributed by atoms with E-state index in [4.69, 9.17) is 14.2 Å². The number of carbonyl (C=O) groups excluding carboxylic acids is 2. The summed E-state index contributed by atoms with van der Waals surface area (Å²) < 4.78 is 17.1. The van der Waals surface area contributed by atoms with E-state index in [0.717, 1.165) is 5.75 Å². The van der Waals surface area contributed by atoms with E-state index >= 15 is 0 Å². The zero-order valence-electron chi connectivity index (χ0n) is 15.5. The number of epoxide rings is 1. The lowest BCUT2D eigenvalue weighted by Gasteiger charge is -2.26. The van der Waals surface area contributed by atoms with E-state index < -0.39 is 23.8 Å². The average Bonchev–Trinajstić information content (AvgIpc) is 2.95. The predicted molar refractivity (Wildman–Crippen MR) is 95.5 cm³/mol. The van der Waals surface area contributed by atoms with E-state index in [1.165, 1.54) is 0 Å². The molecule has 4 rings (SSSR count). The topological polar surface area (TPSA) is 85.4 Å². The molecule has 8 unspecified atom stereocenters. The van der Waals surface area contributed by atoms with E-state index in [1.54, 1.807) is 11.8 Å². The highest BCUT2D eigenvalue weighted by Crippen LogP contribution is 2.51. The standard InChI is InChI=1S/C19H26O6S/c1-8(2)7-26-15-10-5-11(23-18(10)22)13-9(3)17(21)24-12(13)6-19(4)16(25-19)14(15)20/h5,8-9,11-16,20H,6-7H2,1-4H3. The van der Waals surface area contributed by atoms with Crippen molar-refractivity contribution < 1.29 is 28.9 Å². The van der Waals surface area contributed by atoms with Crippen LogP contribution in [0.4, 0.5) is 0 Å². The van der Waals surface area contributed by atoms with Crippen molar-refractivity contribution in [2.75, 3.05) is 5.75 Å². The maximum Gasteiger partial charge on any atom is 0.335 e. The Morgan fingerprint density at radius 2 is 2.08 bits per heavy atom. The van der Waals surface area contributed by atoms with Gasteiger partial charge in [0.15, 0.2) is 0 Å². The molecule has 2 saturated heterocycles. The smallest absolute Gasteiger partial charge is 0.335 e. The molecule has 2 bridgehead atoms. The Labute approximate surface area is 157 Å². The summed E-state index contributed by atoms with van der Waals surface area (Å²) >= 11 is 1.57. The first-order chi connectivity index (χ1) is 12.2. The maximum absolute atomic E-state index is 12.6. The van der Waals surface area contributed by atoms with E-state index in [2.05, 4.69) is 13.8 Å². The first-order valence-corrected chi connectivity index (χ1v) is 10.4. The molecule has 0 aromatic carbocycles. The van der Waals surface area contributed by atoms with Gasteiger partial charge >= 0.3 is 11.9 Å². The van der Waals surface area contributed by atoms with E-state index in [1.807, 2.05) is 19.9 Å². The van der Waals surface area contributed by atoms with Crippen LogP contribution >= 0.6 is 11.8 Å². The van der Waals surface area contributed by atoms with Gasteiger partial charge in [-0.15, -0.1) is 0 Å². The van der Waals surface area contributed by atoms with E-state index in [-0.39, 0.29) is 35.3 Å². The van der Waals surface area contributed by atoms with Gasteiger partial charge in [-0.05, 0) is 24.7 Å². The monoisotopic (exact) mass is 382 g/mol. The van der Waals surface area contributed by atoms with Crippen LogP contribution in [0.25, 0.3) is 0 Å². The quantitative estimate of drug-likeness (QED) is 0.587. The lowest BCUT2D eigenvalue weighted by Crippen LogP contribution is -2.38. The molecule has 1 aliphatic carbocycles. The molecule has 26 heavy (non-hydrogen) atoms. The molecule has 0 saturated carbocycles. The number of esters is 2.